The Kier molecular flexibility index (Phi) is 3.88. The van der Waals surface area contributed by atoms with E-state index in [9.17, 15) is 4.79 Å². The fourth-order valence-electron chi connectivity index (χ4n) is 1.95. The lowest BCUT2D eigenvalue weighted by Crippen LogP contribution is -2.24. The Morgan fingerprint density at radius 3 is 2.45 bits per heavy atom. The van der Waals surface area contributed by atoms with Crippen LogP contribution in [0.25, 0.3) is 0 Å². The van der Waals surface area contributed by atoms with E-state index < -0.39 is 5.97 Å². The van der Waals surface area contributed by atoms with E-state index in [1.54, 1.807) is 4.68 Å². The number of carbonyl (C=O) groups is 1. The Morgan fingerprint density at radius 2 is 1.90 bits per heavy atom. The highest BCUT2D eigenvalue weighted by molar-refractivity contribution is 5.88. The summed E-state index contributed by atoms with van der Waals surface area (Å²) in [5.41, 5.74) is 1.72. The largest absolute Gasteiger partial charge is 0.456 e. The molecule has 20 heavy (non-hydrogen) atoms. The SMILES string of the molecule is Cc1c(C(=O)OCc2ccccc2)nnn1C(C)(C)C. The van der Waals surface area contributed by atoms with Crippen LogP contribution in [0.2, 0.25) is 0 Å². The van der Waals surface area contributed by atoms with Crippen molar-refractivity contribution < 1.29 is 9.53 Å². The number of esters is 1. The molecule has 0 saturated heterocycles. The zero-order valence-electron chi connectivity index (χ0n) is 12.3. The van der Waals surface area contributed by atoms with E-state index in [1.807, 2.05) is 58.0 Å². The van der Waals surface area contributed by atoms with E-state index in [0.29, 0.717) is 0 Å². The van der Waals surface area contributed by atoms with Crippen LogP contribution in [0.5, 0.6) is 0 Å². The molecule has 0 spiro atoms. The smallest absolute Gasteiger partial charge is 0.361 e. The van der Waals surface area contributed by atoms with E-state index in [2.05, 4.69) is 10.3 Å². The highest BCUT2D eigenvalue weighted by atomic mass is 16.5. The van der Waals surface area contributed by atoms with Crippen molar-refractivity contribution in [2.75, 3.05) is 0 Å². The summed E-state index contributed by atoms with van der Waals surface area (Å²) in [4.78, 5) is 12.0. The molecule has 106 valence electrons. The highest BCUT2D eigenvalue weighted by Gasteiger charge is 2.23. The second-order valence-electron chi connectivity index (χ2n) is 5.67. The van der Waals surface area contributed by atoms with Crippen molar-refractivity contribution >= 4 is 5.97 Å². The molecular weight excluding hydrogens is 254 g/mol. The first-order chi connectivity index (χ1) is 9.39. The average molecular weight is 273 g/mol. The van der Waals surface area contributed by atoms with E-state index in [1.165, 1.54) is 0 Å². The van der Waals surface area contributed by atoms with E-state index in [0.717, 1.165) is 11.3 Å². The first-order valence-electron chi connectivity index (χ1n) is 6.53. The minimum Gasteiger partial charge on any atom is -0.456 e. The molecule has 0 radical (unpaired) electrons. The number of aromatic nitrogens is 3. The minimum absolute atomic E-state index is 0.213. The zero-order valence-corrected chi connectivity index (χ0v) is 12.3. The van der Waals surface area contributed by atoms with Gasteiger partial charge in [0.15, 0.2) is 5.69 Å². The van der Waals surface area contributed by atoms with Crippen molar-refractivity contribution in [1.82, 2.24) is 15.0 Å². The van der Waals surface area contributed by atoms with Gasteiger partial charge in [-0.1, -0.05) is 35.5 Å². The molecule has 0 N–H and O–H groups in total. The van der Waals surface area contributed by atoms with Crippen LogP contribution >= 0.6 is 0 Å². The minimum atomic E-state index is -0.443. The number of nitrogens with zero attached hydrogens (tertiary/aromatic N) is 3. The van der Waals surface area contributed by atoms with Crippen molar-refractivity contribution in [3.8, 4) is 0 Å². The Bertz CT molecular complexity index is 597. The quantitative estimate of drug-likeness (QED) is 0.807. The normalized spacial score (nSPS) is 11.4. The van der Waals surface area contributed by atoms with Gasteiger partial charge >= 0.3 is 5.97 Å². The van der Waals surface area contributed by atoms with Crippen LogP contribution in [0.4, 0.5) is 0 Å². The van der Waals surface area contributed by atoms with Gasteiger partial charge < -0.3 is 4.74 Å². The van der Waals surface area contributed by atoms with Crippen LogP contribution in [0.3, 0.4) is 0 Å². The maximum absolute atomic E-state index is 12.0. The van der Waals surface area contributed by atoms with E-state index in [4.69, 9.17) is 4.74 Å². The number of ether oxygens (including phenoxy) is 1. The van der Waals surface area contributed by atoms with Gasteiger partial charge in [0.25, 0.3) is 0 Å². The second kappa shape index (κ2) is 5.45. The molecule has 0 bridgehead atoms. The third kappa shape index (κ3) is 3.04. The van der Waals surface area contributed by atoms with Crippen LogP contribution in [0, 0.1) is 6.92 Å². The third-order valence-electron chi connectivity index (χ3n) is 2.94. The summed E-state index contributed by atoms with van der Waals surface area (Å²) < 4.78 is 6.99. The molecule has 2 rings (SSSR count). The lowest BCUT2D eigenvalue weighted by molar-refractivity contribution is 0.0464. The Balaban J connectivity index is 2.09. The molecule has 5 nitrogen and oxygen atoms in total. The predicted molar refractivity (Wildman–Crippen MR) is 75.3 cm³/mol. The third-order valence-corrected chi connectivity index (χ3v) is 2.94. The fourth-order valence-corrected chi connectivity index (χ4v) is 1.95. The van der Waals surface area contributed by atoms with Crippen LogP contribution in [-0.4, -0.2) is 21.0 Å². The molecule has 0 saturated carbocycles. The van der Waals surface area contributed by atoms with Crippen molar-refractivity contribution in [2.45, 2.75) is 39.8 Å². The van der Waals surface area contributed by atoms with Gasteiger partial charge in [0.05, 0.1) is 11.2 Å². The molecule has 0 aliphatic heterocycles. The van der Waals surface area contributed by atoms with E-state index >= 15 is 0 Å². The van der Waals surface area contributed by atoms with Gasteiger partial charge in [-0.25, -0.2) is 9.48 Å². The molecule has 0 aliphatic rings. The number of hydrogen-bond acceptors (Lipinski definition) is 4. The van der Waals surface area contributed by atoms with Gasteiger partial charge in [0.2, 0.25) is 0 Å². The maximum Gasteiger partial charge on any atom is 0.361 e. The topological polar surface area (TPSA) is 57.0 Å². The monoisotopic (exact) mass is 273 g/mol. The number of hydrogen-bond donors (Lipinski definition) is 0. The molecular formula is C15H19N3O2. The summed E-state index contributed by atoms with van der Waals surface area (Å²) >= 11 is 0. The fraction of sp³-hybridized carbons (Fsp3) is 0.400. The zero-order chi connectivity index (χ0) is 14.8. The summed E-state index contributed by atoms with van der Waals surface area (Å²) in [6, 6.07) is 9.55. The molecule has 0 unspecified atom stereocenters. The lowest BCUT2D eigenvalue weighted by atomic mass is 10.1. The summed E-state index contributed by atoms with van der Waals surface area (Å²) in [5, 5.41) is 7.96. The van der Waals surface area contributed by atoms with Gasteiger partial charge in [-0.05, 0) is 33.3 Å². The molecule has 0 atom stereocenters. The molecule has 0 aliphatic carbocycles. The summed E-state index contributed by atoms with van der Waals surface area (Å²) in [7, 11) is 0. The molecule has 1 heterocycles. The lowest BCUT2D eigenvalue weighted by Gasteiger charge is -2.19. The highest BCUT2D eigenvalue weighted by Crippen LogP contribution is 2.17. The molecule has 0 amide bonds. The summed E-state index contributed by atoms with van der Waals surface area (Å²) in [6.45, 7) is 8.08. The number of benzene rings is 1. The van der Waals surface area contributed by atoms with Gasteiger partial charge in [-0.3, -0.25) is 0 Å². The average Bonchev–Trinajstić information content (AvgIpc) is 2.79. The Hall–Kier alpha value is -2.17. The molecule has 0 fully saturated rings. The van der Waals surface area contributed by atoms with Crippen LogP contribution in [0.15, 0.2) is 30.3 Å². The van der Waals surface area contributed by atoms with Crippen LogP contribution in [-0.2, 0) is 16.9 Å². The molecule has 1 aromatic heterocycles. The first-order valence-corrected chi connectivity index (χ1v) is 6.53. The molecule has 5 heteroatoms. The summed E-state index contributed by atoms with van der Waals surface area (Å²) in [6.07, 6.45) is 0. The van der Waals surface area contributed by atoms with Crippen molar-refractivity contribution in [3.05, 3.63) is 47.3 Å². The number of rotatable bonds is 3. The van der Waals surface area contributed by atoms with Gasteiger partial charge in [0, 0.05) is 0 Å². The van der Waals surface area contributed by atoms with Gasteiger partial charge in [-0.2, -0.15) is 0 Å². The standard InChI is InChI=1S/C15H19N3O2/c1-11-13(16-17-18(11)15(2,3)4)14(19)20-10-12-8-6-5-7-9-12/h5-9H,10H2,1-4H3. The van der Waals surface area contributed by atoms with Gasteiger partial charge in [-0.15, -0.1) is 5.10 Å². The molecule has 2 aromatic rings. The van der Waals surface area contributed by atoms with Crippen LogP contribution < -0.4 is 0 Å². The van der Waals surface area contributed by atoms with Crippen molar-refractivity contribution in [1.29, 1.82) is 0 Å². The van der Waals surface area contributed by atoms with E-state index in [-0.39, 0.29) is 17.8 Å². The maximum atomic E-state index is 12.0. The Morgan fingerprint density at radius 1 is 1.25 bits per heavy atom. The van der Waals surface area contributed by atoms with Crippen LogP contribution in [0.1, 0.15) is 42.5 Å². The predicted octanol–water partition coefficient (Wildman–Crippen LogP) is 2.70. The van der Waals surface area contributed by atoms with Gasteiger partial charge in [0.1, 0.15) is 6.61 Å². The van der Waals surface area contributed by atoms with Crippen molar-refractivity contribution in [2.24, 2.45) is 0 Å². The molecule has 1 aromatic carbocycles. The Labute approximate surface area is 118 Å². The van der Waals surface area contributed by atoms with Crippen molar-refractivity contribution in [3.63, 3.8) is 0 Å². The summed E-state index contributed by atoms with van der Waals surface area (Å²) in [5.74, 6) is -0.443. The number of carbonyl (C=O) groups excluding carboxylic acids is 1. The first kappa shape index (κ1) is 14.2. The second-order valence-corrected chi connectivity index (χ2v) is 5.67.